The zero-order chi connectivity index (χ0) is 19.8. The maximum absolute atomic E-state index is 13.2. The molecule has 0 saturated carbocycles. The Morgan fingerprint density at radius 2 is 1.96 bits per heavy atom. The number of piperazine rings is 1. The number of hydrogen-bond acceptors (Lipinski definition) is 4. The summed E-state index contributed by atoms with van der Waals surface area (Å²) >= 11 is 12.5. The van der Waals surface area contributed by atoms with Gasteiger partial charge < -0.3 is 14.5 Å². The van der Waals surface area contributed by atoms with Crippen molar-refractivity contribution in [3.8, 4) is 5.75 Å². The molecule has 2 heterocycles. The lowest BCUT2D eigenvalue weighted by atomic mass is 10.0. The van der Waals surface area contributed by atoms with Crippen LogP contribution in [0.5, 0.6) is 5.75 Å². The number of methoxy groups -OCH3 is 1. The molecule has 28 heavy (non-hydrogen) atoms. The number of amides is 1. The first kappa shape index (κ1) is 19.1. The van der Waals surface area contributed by atoms with Gasteiger partial charge >= 0.3 is 0 Å². The molecular formula is C21H21Cl2N3O2. The Hall–Kier alpha value is -2.24. The fraction of sp³-hybridized carbons (Fsp3) is 0.333. The van der Waals surface area contributed by atoms with E-state index in [0.717, 1.165) is 16.4 Å². The Labute approximate surface area is 174 Å². The monoisotopic (exact) mass is 417 g/mol. The largest absolute Gasteiger partial charge is 0.495 e. The third kappa shape index (κ3) is 3.23. The van der Waals surface area contributed by atoms with Gasteiger partial charge in [0.05, 0.1) is 36.3 Å². The maximum atomic E-state index is 13.2. The molecule has 0 radical (unpaired) electrons. The summed E-state index contributed by atoms with van der Waals surface area (Å²) in [6, 6.07) is 13.2. The second-order valence-corrected chi connectivity index (χ2v) is 7.77. The first-order valence-electron chi connectivity index (χ1n) is 9.21. The van der Waals surface area contributed by atoms with Gasteiger partial charge in [-0.05, 0) is 36.8 Å². The quantitative estimate of drug-likeness (QED) is 0.747. The summed E-state index contributed by atoms with van der Waals surface area (Å²) in [7, 11) is 1.54. The van der Waals surface area contributed by atoms with Crippen LogP contribution in [-0.2, 0) is 0 Å². The van der Waals surface area contributed by atoms with Gasteiger partial charge in [0.2, 0.25) is 0 Å². The van der Waals surface area contributed by atoms with Crippen molar-refractivity contribution < 1.29 is 9.53 Å². The van der Waals surface area contributed by atoms with E-state index in [2.05, 4.69) is 11.0 Å². The van der Waals surface area contributed by atoms with Crippen LogP contribution in [0.1, 0.15) is 28.9 Å². The predicted molar refractivity (Wildman–Crippen MR) is 112 cm³/mol. The fourth-order valence-corrected chi connectivity index (χ4v) is 4.47. The number of amidine groups is 1. The lowest BCUT2D eigenvalue weighted by Crippen LogP contribution is -2.56. The van der Waals surface area contributed by atoms with Crippen LogP contribution in [0.2, 0.25) is 10.0 Å². The lowest BCUT2D eigenvalue weighted by Gasteiger charge is -2.42. The molecule has 2 aromatic rings. The van der Waals surface area contributed by atoms with Crippen LogP contribution in [0.25, 0.3) is 0 Å². The van der Waals surface area contributed by atoms with Crippen molar-refractivity contribution in [2.24, 2.45) is 4.99 Å². The van der Waals surface area contributed by atoms with E-state index >= 15 is 0 Å². The number of fused-ring (bicyclic) bond motifs is 1. The minimum absolute atomic E-state index is 0.107. The topological polar surface area (TPSA) is 45.1 Å². The first-order chi connectivity index (χ1) is 13.5. The molecule has 5 nitrogen and oxygen atoms in total. The van der Waals surface area contributed by atoms with E-state index < -0.39 is 0 Å². The van der Waals surface area contributed by atoms with Crippen molar-refractivity contribution in [2.45, 2.75) is 19.0 Å². The zero-order valence-electron chi connectivity index (χ0n) is 15.7. The summed E-state index contributed by atoms with van der Waals surface area (Å²) < 4.78 is 5.25. The second-order valence-electron chi connectivity index (χ2n) is 6.96. The molecule has 1 saturated heterocycles. The second kappa shape index (κ2) is 7.64. The molecule has 1 amide bonds. The molecule has 1 fully saturated rings. The Morgan fingerprint density at radius 1 is 1.18 bits per heavy atom. The van der Waals surface area contributed by atoms with Crippen molar-refractivity contribution >= 4 is 34.9 Å². The Kier molecular flexibility index (Phi) is 5.21. The number of halogens is 2. The molecule has 0 spiro atoms. The summed E-state index contributed by atoms with van der Waals surface area (Å²) in [4.78, 5) is 22.1. The Bertz CT molecular complexity index is 947. The van der Waals surface area contributed by atoms with Crippen LogP contribution in [0, 0.1) is 0 Å². The molecule has 7 heteroatoms. The number of carbonyl (C=O) groups excluding carboxylic acids is 1. The smallest absolute Gasteiger partial charge is 0.256 e. The van der Waals surface area contributed by atoms with Crippen LogP contribution in [-0.4, -0.2) is 54.3 Å². The van der Waals surface area contributed by atoms with Gasteiger partial charge in [-0.1, -0.05) is 41.4 Å². The highest BCUT2D eigenvalue weighted by Crippen LogP contribution is 2.34. The molecule has 0 N–H and O–H groups in total. The van der Waals surface area contributed by atoms with Crippen LogP contribution in [0.15, 0.2) is 47.5 Å². The Morgan fingerprint density at radius 3 is 2.71 bits per heavy atom. The number of ether oxygens (including phenoxy) is 1. The number of rotatable bonds is 3. The number of nitrogens with zero attached hydrogens (tertiary/aromatic N) is 3. The van der Waals surface area contributed by atoms with Gasteiger partial charge in [0.25, 0.3) is 5.91 Å². The van der Waals surface area contributed by atoms with Gasteiger partial charge in [-0.25, -0.2) is 0 Å². The first-order valence-corrected chi connectivity index (χ1v) is 9.96. The van der Waals surface area contributed by atoms with Crippen molar-refractivity contribution in [3.63, 3.8) is 0 Å². The van der Waals surface area contributed by atoms with E-state index in [1.165, 1.54) is 0 Å². The molecule has 4 rings (SSSR count). The minimum atomic E-state index is -0.132. The highest BCUT2D eigenvalue weighted by atomic mass is 35.5. The lowest BCUT2D eigenvalue weighted by molar-refractivity contribution is 0.0676. The normalized spacial score (nSPS) is 21.4. The van der Waals surface area contributed by atoms with E-state index in [1.807, 2.05) is 30.0 Å². The fourth-order valence-electron chi connectivity index (χ4n) is 3.98. The van der Waals surface area contributed by atoms with Gasteiger partial charge in [0.15, 0.2) is 0 Å². The summed E-state index contributed by atoms with van der Waals surface area (Å²) in [5, 5.41) is 1.07. The van der Waals surface area contributed by atoms with Gasteiger partial charge in [-0.15, -0.1) is 0 Å². The van der Waals surface area contributed by atoms with Crippen LogP contribution < -0.4 is 4.74 Å². The molecule has 1 unspecified atom stereocenters. The van der Waals surface area contributed by atoms with Crippen LogP contribution >= 0.6 is 23.2 Å². The Balaban J connectivity index is 1.56. The molecule has 2 aromatic carbocycles. The van der Waals surface area contributed by atoms with E-state index in [4.69, 9.17) is 32.9 Å². The van der Waals surface area contributed by atoms with E-state index in [1.54, 1.807) is 25.3 Å². The summed E-state index contributed by atoms with van der Waals surface area (Å²) in [6.07, 6.45) is 0. The maximum Gasteiger partial charge on any atom is 0.256 e. The van der Waals surface area contributed by atoms with Crippen molar-refractivity contribution in [1.82, 2.24) is 9.80 Å². The average molecular weight is 418 g/mol. The molecule has 2 atom stereocenters. The minimum Gasteiger partial charge on any atom is -0.495 e. The standard InChI is InChI=1S/C21H21Cl2N3O2/c1-13-20-24-12-17(14-5-3-6-15(22)11-14)26(20)10-9-25(13)21(27)16-7-4-8-18(28-2)19(16)23/h3-8,11,13,17H,9-10,12H2,1-2H3/t13-,17?/m0/s1. The predicted octanol–water partition coefficient (Wildman–Crippen LogP) is 4.30. The summed E-state index contributed by atoms with van der Waals surface area (Å²) in [6.45, 7) is 4.00. The van der Waals surface area contributed by atoms with Gasteiger partial charge in [0.1, 0.15) is 11.6 Å². The number of aliphatic imine (C=N–C) groups is 1. The third-order valence-electron chi connectivity index (χ3n) is 5.43. The number of carbonyl (C=O) groups is 1. The van der Waals surface area contributed by atoms with Crippen molar-refractivity contribution in [3.05, 3.63) is 63.6 Å². The van der Waals surface area contributed by atoms with E-state index in [0.29, 0.717) is 36.0 Å². The number of hydrogen-bond donors (Lipinski definition) is 0. The highest BCUT2D eigenvalue weighted by Gasteiger charge is 2.40. The molecule has 2 aliphatic heterocycles. The SMILES string of the molecule is COc1cccc(C(=O)N2CCN3C(=NCC3c3cccc(Cl)c3)[C@@H]2C)c1Cl. The van der Waals surface area contributed by atoms with Gasteiger partial charge in [0, 0.05) is 18.1 Å². The van der Waals surface area contributed by atoms with Gasteiger partial charge in [-0.3, -0.25) is 9.79 Å². The van der Waals surface area contributed by atoms with Crippen LogP contribution in [0.4, 0.5) is 0 Å². The molecule has 0 aliphatic carbocycles. The van der Waals surface area contributed by atoms with Crippen molar-refractivity contribution in [1.29, 1.82) is 0 Å². The van der Waals surface area contributed by atoms with Gasteiger partial charge in [-0.2, -0.15) is 0 Å². The average Bonchev–Trinajstić information content (AvgIpc) is 3.13. The van der Waals surface area contributed by atoms with Crippen LogP contribution in [0.3, 0.4) is 0 Å². The summed E-state index contributed by atoms with van der Waals surface area (Å²) in [5.41, 5.74) is 1.60. The molecule has 146 valence electrons. The molecule has 0 aromatic heterocycles. The number of benzene rings is 2. The molecule has 2 aliphatic rings. The zero-order valence-corrected chi connectivity index (χ0v) is 17.2. The van der Waals surface area contributed by atoms with Crippen molar-refractivity contribution in [2.75, 3.05) is 26.7 Å². The molecular weight excluding hydrogens is 397 g/mol. The molecule has 0 bridgehead atoms. The third-order valence-corrected chi connectivity index (χ3v) is 6.05. The van der Waals surface area contributed by atoms with E-state index in [9.17, 15) is 4.79 Å². The highest BCUT2D eigenvalue weighted by molar-refractivity contribution is 6.35. The van der Waals surface area contributed by atoms with E-state index in [-0.39, 0.29) is 18.0 Å². The summed E-state index contributed by atoms with van der Waals surface area (Å²) in [5.74, 6) is 1.33.